The highest BCUT2D eigenvalue weighted by Gasteiger charge is 2.19. The van der Waals surface area contributed by atoms with E-state index in [4.69, 9.17) is 16.7 Å². The molecule has 0 fully saturated rings. The van der Waals surface area contributed by atoms with Gasteiger partial charge in [-0.3, -0.25) is 9.78 Å². The van der Waals surface area contributed by atoms with Crippen LogP contribution in [-0.4, -0.2) is 33.6 Å². The monoisotopic (exact) mass is 311 g/mol. The van der Waals surface area contributed by atoms with Gasteiger partial charge in [-0.25, -0.2) is 4.98 Å². The second kappa shape index (κ2) is 6.78. The minimum absolute atomic E-state index is 0.103. The van der Waals surface area contributed by atoms with Gasteiger partial charge in [0.25, 0.3) is 5.91 Å². The van der Waals surface area contributed by atoms with Gasteiger partial charge < -0.3 is 10.4 Å². The van der Waals surface area contributed by atoms with Gasteiger partial charge in [-0.1, -0.05) is 18.5 Å². The van der Waals surface area contributed by atoms with Crippen LogP contribution in [0, 0.1) is 0 Å². The summed E-state index contributed by atoms with van der Waals surface area (Å²) in [5.41, 5.74) is 0.813. The van der Waals surface area contributed by atoms with E-state index in [1.165, 1.54) is 11.3 Å². The van der Waals surface area contributed by atoms with Crippen LogP contribution < -0.4 is 5.32 Å². The Hall–Kier alpha value is -1.50. The zero-order chi connectivity index (χ0) is 14.5. The first-order valence-corrected chi connectivity index (χ1v) is 7.33. The van der Waals surface area contributed by atoms with Crippen molar-refractivity contribution in [3.8, 4) is 10.6 Å². The third-order valence-electron chi connectivity index (χ3n) is 2.75. The molecule has 0 aliphatic rings. The predicted octanol–water partition coefficient (Wildman–Crippen LogP) is 2.36. The van der Waals surface area contributed by atoms with Crippen LogP contribution >= 0.6 is 22.9 Å². The molecule has 0 aliphatic heterocycles. The number of aromatic nitrogens is 2. The van der Waals surface area contributed by atoms with Crippen molar-refractivity contribution in [1.82, 2.24) is 15.3 Å². The molecule has 0 saturated heterocycles. The smallest absolute Gasteiger partial charge is 0.264 e. The molecule has 0 aromatic carbocycles. The standard InChI is InChI=1S/C13H14ClN3O2S/c1-2-9(7-18)16-12(19)10-11(14)17-13(20-10)8-4-3-5-15-6-8/h3-6,9,18H,2,7H2,1H3,(H,16,19). The van der Waals surface area contributed by atoms with Gasteiger partial charge in [0, 0.05) is 18.0 Å². The molecule has 2 aromatic heterocycles. The lowest BCUT2D eigenvalue weighted by Gasteiger charge is -2.12. The number of aliphatic hydroxyl groups excluding tert-OH is 1. The largest absolute Gasteiger partial charge is 0.394 e. The molecule has 1 atom stereocenters. The maximum atomic E-state index is 12.1. The molecule has 2 aromatic rings. The zero-order valence-electron chi connectivity index (χ0n) is 10.8. The highest BCUT2D eigenvalue weighted by atomic mass is 35.5. The van der Waals surface area contributed by atoms with Crippen molar-refractivity contribution in [2.45, 2.75) is 19.4 Å². The number of hydrogen-bond donors (Lipinski definition) is 2. The first-order valence-electron chi connectivity index (χ1n) is 6.14. The number of pyridine rings is 1. The molecule has 2 rings (SSSR count). The van der Waals surface area contributed by atoms with E-state index in [1.807, 2.05) is 13.0 Å². The van der Waals surface area contributed by atoms with Gasteiger partial charge in [-0.2, -0.15) is 0 Å². The number of nitrogens with zero attached hydrogens (tertiary/aromatic N) is 2. The summed E-state index contributed by atoms with van der Waals surface area (Å²) in [5, 5.41) is 12.6. The van der Waals surface area contributed by atoms with Gasteiger partial charge in [-0.15, -0.1) is 11.3 Å². The topological polar surface area (TPSA) is 75.1 Å². The fraction of sp³-hybridized carbons (Fsp3) is 0.308. The summed E-state index contributed by atoms with van der Waals surface area (Å²) >= 11 is 7.22. The lowest BCUT2D eigenvalue weighted by molar-refractivity contribution is 0.0919. The minimum Gasteiger partial charge on any atom is -0.394 e. The predicted molar refractivity (Wildman–Crippen MR) is 79.0 cm³/mol. The normalized spacial score (nSPS) is 12.2. The molecule has 20 heavy (non-hydrogen) atoms. The van der Waals surface area contributed by atoms with Gasteiger partial charge in [0.2, 0.25) is 0 Å². The quantitative estimate of drug-likeness (QED) is 0.889. The Morgan fingerprint density at radius 3 is 3.00 bits per heavy atom. The molecule has 1 amide bonds. The first-order chi connectivity index (χ1) is 9.65. The molecule has 5 nitrogen and oxygen atoms in total. The number of rotatable bonds is 5. The van der Waals surface area contributed by atoms with E-state index in [0.29, 0.717) is 16.3 Å². The molecular weight excluding hydrogens is 298 g/mol. The van der Waals surface area contributed by atoms with Crippen molar-refractivity contribution in [2.75, 3.05) is 6.61 Å². The second-order valence-corrected chi connectivity index (χ2v) is 5.50. The number of carbonyl (C=O) groups excluding carboxylic acids is 1. The average Bonchev–Trinajstić information content (AvgIpc) is 2.87. The Morgan fingerprint density at radius 1 is 1.60 bits per heavy atom. The molecule has 2 heterocycles. The van der Waals surface area contributed by atoms with Crippen LogP contribution in [0.2, 0.25) is 5.15 Å². The Balaban J connectivity index is 2.22. The second-order valence-electron chi connectivity index (χ2n) is 4.14. The van der Waals surface area contributed by atoms with Crippen LogP contribution in [-0.2, 0) is 0 Å². The SMILES string of the molecule is CCC(CO)NC(=O)c1sc(-c2cccnc2)nc1Cl. The summed E-state index contributed by atoms with van der Waals surface area (Å²) < 4.78 is 0. The Bertz CT molecular complexity index is 585. The van der Waals surface area contributed by atoms with E-state index in [1.54, 1.807) is 18.5 Å². The minimum atomic E-state index is -0.316. The number of aliphatic hydroxyl groups is 1. The summed E-state index contributed by atoms with van der Waals surface area (Å²) in [5.74, 6) is -0.316. The molecule has 0 bridgehead atoms. The third-order valence-corrected chi connectivity index (χ3v) is 4.24. The van der Waals surface area contributed by atoms with Gasteiger partial charge in [0.05, 0.1) is 12.6 Å². The average molecular weight is 312 g/mol. The summed E-state index contributed by atoms with van der Waals surface area (Å²) in [7, 11) is 0. The Labute approximate surface area is 125 Å². The highest BCUT2D eigenvalue weighted by Crippen LogP contribution is 2.30. The van der Waals surface area contributed by atoms with E-state index in [9.17, 15) is 4.79 Å². The Morgan fingerprint density at radius 2 is 2.40 bits per heavy atom. The van der Waals surface area contributed by atoms with Crippen LogP contribution in [0.15, 0.2) is 24.5 Å². The van der Waals surface area contributed by atoms with Gasteiger partial charge in [-0.05, 0) is 18.6 Å². The van der Waals surface area contributed by atoms with Crippen molar-refractivity contribution < 1.29 is 9.90 Å². The fourth-order valence-electron chi connectivity index (χ4n) is 1.58. The van der Waals surface area contributed by atoms with E-state index in [-0.39, 0.29) is 23.7 Å². The van der Waals surface area contributed by atoms with E-state index < -0.39 is 0 Å². The molecule has 106 valence electrons. The summed E-state index contributed by atoms with van der Waals surface area (Å²) in [6.45, 7) is 1.78. The summed E-state index contributed by atoms with van der Waals surface area (Å²) in [4.78, 5) is 20.6. The lowest BCUT2D eigenvalue weighted by Crippen LogP contribution is -2.36. The van der Waals surface area contributed by atoms with E-state index in [2.05, 4.69) is 15.3 Å². The number of thiazole rings is 1. The number of halogens is 1. The number of nitrogens with one attached hydrogen (secondary N) is 1. The van der Waals surface area contributed by atoms with Crippen molar-refractivity contribution in [3.05, 3.63) is 34.6 Å². The van der Waals surface area contributed by atoms with Gasteiger partial charge in [0.1, 0.15) is 9.88 Å². The summed E-state index contributed by atoms with van der Waals surface area (Å²) in [6, 6.07) is 3.37. The molecule has 0 saturated carbocycles. The molecule has 0 radical (unpaired) electrons. The van der Waals surface area contributed by atoms with E-state index >= 15 is 0 Å². The Kier molecular flexibility index (Phi) is 5.05. The molecular formula is C13H14ClN3O2S. The lowest BCUT2D eigenvalue weighted by atomic mass is 10.2. The molecule has 7 heteroatoms. The first kappa shape index (κ1) is 14.9. The van der Waals surface area contributed by atoms with Crippen LogP contribution in [0.4, 0.5) is 0 Å². The van der Waals surface area contributed by atoms with E-state index in [0.717, 1.165) is 5.56 Å². The van der Waals surface area contributed by atoms with Crippen molar-refractivity contribution in [1.29, 1.82) is 0 Å². The zero-order valence-corrected chi connectivity index (χ0v) is 12.4. The van der Waals surface area contributed by atoms with Crippen LogP contribution in [0.5, 0.6) is 0 Å². The van der Waals surface area contributed by atoms with Crippen molar-refractivity contribution >= 4 is 28.8 Å². The van der Waals surface area contributed by atoms with Crippen molar-refractivity contribution in [2.24, 2.45) is 0 Å². The molecule has 0 spiro atoms. The highest BCUT2D eigenvalue weighted by molar-refractivity contribution is 7.17. The number of hydrogen-bond acceptors (Lipinski definition) is 5. The van der Waals surface area contributed by atoms with Gasteiger partial charge >= 0.3 is 0 Å². The maximum Gasteiger partial charge on any atom is 0.264 e. The summed E-state index contributed by atoms with van der Waals surface area (Å²) in [6.07, 6.45) is 3.98. The fourth-order valence-corrected chi connectivity index (χ4v) is 2.77. The maximum absolute atomic E-state index is 12.1. The third kappa shape index (κ3) is 3.33. The number of carbonyl (C=O) groups is 1. The molecule has 0 aliphatic carbocycles. The van der Waals surface area contributed by atoms with Crippen molar-refractivity contribution in [3.63, 3.8) is 0 Å². The van der Waals surface area contributed by atoms with Crippen LogP contribution in [0.1, 0.15) is 23.0 Å². The van der Waals surface area contributed by atoms with Gasteiger partial charge in [0.15, 0.2) is 5.15 Å². The molecule has 1 unspecified atom stereocenters. The number of amides is 1. The van der Waals surface area contributed by atoms with Crippen LogP contribution in [0.3, 0.4) is 0 Å². The van der Waals surface area contributed by atoms with Crippen LogP contribution in [0.25, 0.3) is 10.6 Å². The molecule has 2 N–H and O–H groups in total.